The van der Waals surface area contributed by atoms with E-state index in [4.69, 9.17) is 28.4 Å². The number of ether oxygens (including phenoxy) is 6. The highest BCUT2D eigenvalue weighted by Gasteiger charge is 2.53. The monoisotopic (exact) mass is 1100 g/mol. The number of amides is 1. The van der Waals surface area contributed by atoms with Gasteiger partial charge in [0.05, 0.1) is 43.7 Å². The number of methoxy groups -OCH3 is 2. The van der Waals surface area contributed by atoms with Crippen molar-refractivity contribution in [1.82, 2.24) is 14.9 Å². The Morgan fingerprint density at radius 1 is 0.810 bits per heavy atom. The number of hydrogen-bond donors (Lipinski definition) is 3. The van der Waals surface area contributed by atoms with Crippen LogP contribution in [0.3, 0.4) is 0 Å². The molecule has 4 fully saturated rings. The lowest BCUT2D eigenvalue weighted by molar-refractivity contribution is -0.266. The lowest BCUT2D eigenvalue weighted by atomic mass is 9.78. The summed E-state index contributed by atoms with van der Waals surface area (Å²) < 4.78 is 36.7. The molecule has 0 radical (unpaired) electrons. The van der Waals surface area contributed by atoms with Crippen LogP contribution < -0.4 is 4.90 Å². The number of fused-ring (bicyclic) bond motifs is 3. The molecule has 18 heteroatoms. The molecule has 15 atom stereocenters. The van der Waals surface area contributed by atoms with Crippen molar-refractivity contribution >= 4 is 35.2 Å². The lowest BCUT2D eigenvalue weighted by Crippen LogP contribution is -2.61. The van der Waals surface area contributed by atoms with E-state index in [1.165, 1.54) is 12.0 Å². The second-order valence-corrected chi connectivity index (χ2v) is 23.3. The zero-order chi connectivity index (χ0) is 57.4. The standard InChI is InChI=1S/C61H92N4O14/c1-38-16-11-10-12-17-39(2)51(77-31-30-76-46-23-28-64(29-24-46)60-62-25-15-26-63-60)36-47-21-19-44(7)61(73,79-47)57(70)58(71)65-27-14-13-18-48(65)59(72)78-52(41(4)34-45-20-22-49(66)53(35-45)74-8)37-50(67)40(3)33-43(6)55(69)56(75-9)54(68)42(5)32-38/h10-12,15-17,25-26,33,38,40-42,44-49,51-53,55-56,66,69,73H,13-14,18-24,27-32,34-37H2,1-9H3/b12-10+,16-11+,39-17+,43-33+/t38-,40-,41-,42-,44-,45+,47+,48+,49-,51+,52+,53-,55-,56+,61-/m1/s1. The topological polar surface area (TPSA) is 234 Å². The molecule has 440 valence electrons. The summed E-state index contributed by atoms with van der Waals surface area (Å²) in [5.41, 5.74) is 1.23. The number of aliphatic hydroxyl groups excluding tert-OH is 2. The summed E-state index contributed by atoms with van der Waals surface area (Å²) >= 11 is 0. The molecule has 1 aliphatic carbocycles. The quantitative estimate of drug-likeness (QED) is 0.0874. The molecule has 3 N–H and O–H groups in total. The van der Waals surface area contributed by atoms with Gasteiger partial charge in [-0.15, -0.1) is 0 Å². The number of rotatable bonds is 11. The van der Waals surface area contributed by atoms with E-state index in [0.717, 1.165) is 31.5 Å². The predicted molar refractivity (Wildman–Crippen MR) is 297 cm³/mol. The molecule has 1 aromatic heterocycles. The SMILES string of the molecule is CO[C@@H]1C[C@H](C[C@@H](C)[C@@H]2CC(=O)[C@H](C)/C=C(\C)[C@@H](O)[C@@H](OC)C(=O)[C@H](C)C[C@H](C)/C=C/C=C/C=C(\C)[C@@H](OCCOC3CCN(c4ncccn4)CC3)C[C@@H]3CC[C@@H](C)[C@@](O)(O3)C(=O)C(=O)N3CCCC[C@H]3C(=O)O2)CC[C@H]1O. The number of hydrogen-bond acceptors (Lipinski definition) is 17. The van der Waals surface area contributed by atoms with Crippen LogP contribution >= 0.6 is 0 Å². The van der Waals surface area contributed by atoms with E-state index in [0.29, 0.717) is 75.9 Å². The van der Waals surface area contributed by atoms with Crippen LogP contribution in [0.4, 0.5) is 5.95 Å². The molecule has 5 aliphatic rings. The first-order chi connectivity index (χ1) is 37.7. The number of aliphatic hydroxyl groups is 3. The van der Waals surface area contributed by atoms with Gasteiger partial charge in [-0.05, 0) is 126 Å². The molecule has 18 nitrogen and oxygen atoms in total. The second-order valence-electron chi connectivity index (χ2n) is 23.3. The van der Waals surface area contributed by atoms with Crippen LogP contribution in [-0.4, -0.2) is 167 Å². The van der Waals surface area contributed by atoms with Crippen LogP contribution in [-0.2, 0) is 52.4 Å². The molecule has 3 saturated heterocycles. The first-order valence-corrected chi connectivity index (χ1v) is 29.1. The van der Waals surface area contributed by atoms with Crippen LogP contribution in [0.25, 0.3) is 0 Å². The van der Waals surface area contributed by atoms with Crippen molar-refractivity contribution in [3.63, 3.8) is 0 Å². The third kappa shape index (κ3) is 17.5. The third-order valence-corrected chi connectivity index (χ3v) is 17.2. The summed E-state index contributed by atoms with van der Waals surface area (Å²) in [6, 6.07) is 0.626. The average molecular weight is 1110 g/mol. The number of carbonyl (C=O) groups is 5. The van der Waals surface area contributed by atoms with Gasteiger partial charge < -0.3 is 53.5 Å². The van der Waals surface area contributed by atoms with Crippen molar-refractivity contribution in [2.45, 2.75) is 199 Å². The van der Waals surface area contributed by atoms with Gasteiger partial charge in [0.2, 0.25) is 11.7 Å². The fraction of sp³-hybridized carbons (Fsp3) is 0.721. The minimum atomic E-state index is -2.49. The van der Waals surface area contributed by atoms with Crippen LogP contribution in [0.1, 0.15) is 138 Å². The Morgan fingerprint density at radius 3 is 2.24 bits per heavy atom. The molecular weight excluding hydrogens is 1010 g/mol. The fourth-order valence-corrected chi connectivity index (χ4v) is 12.1. The van der Waals surface area contributed by atoms with Gasteiger partial charge in [-0.1, -0.05) is 71.1 Å². The van der Waals surface area contributed by atoms with Crippen molar-refractivity contribution in [2.24, 2.45) is 35.5 Å². The molecule has 0 unspecified atom stereocenters. The molecule has 1 amide bonds. The second kappa shape index (κ2) is 30.5. The number of aromatic nitrogens is 2. The number of allylic oxidation sites excluding steroid dienone is 6. The van der Waals surface area contributed by atoms with Gasteiger partial charge in [0, 0.05) is 76.8 Å². The number of carbonyl (C=O) groups excluding carboxylic acids is 5. The van der Waals surface area contributed by atoms with Gasteiger partial charge in [-0.25, -0.2) is 14.8 Å². The number of esters is 1. The molecule has 79 heavy (non-hydrogen) atoms. The maximum atomic E-state index is 14.6. The first-order valence-electron chi connectivity index (χ1n) is 29.1. The molecule has 2 bridgehead atoms. The van der Waals surface area contributed by atoms with Crippen molar-refractivity contribution < 1.29 is 67.7 Å². The van der Waals surface area contributed by atoms with Gasteiger partial charge in [0.1, 0.15) is 30.1 Å². The van der Waals surface area contributed by atoms with Crippen molar-refractivity contribution in [1.29, 1.82) is 0 Å². The van der Waals surface area contributed by atoms with Crippen LogP contribution in [0.2, 0.25) is 0 Å². The highest BCUT2D eigenvalue weighted by molar-refractivity contribution is 6.39. The highest BCUT2D eigenvalue weighted by atomic mass is 16.6. The van der Waals surface area contributed by atoms with E-state index in [-0.39, 0.29) is 73.9 Å². The summed E-state index contributed by atoms with van der Waals surface area (Å²) in [6.45, 7) is 14.9. The van der Waals surface area contributed by atoms with Gasteiger partial charge in [0.15, 0.2) is 5.78 Å². The number of Topliss-reactive ketones (excluding diaryl/α,β-unsaturated/α-hetero) is 3. The van der Waals surface area contributed by atoms with E-state index < -0.39 is 83.9 Å². The van der Waals surface area contributed by atoms with E-state index in [1.54, 1.807) is 52.4 Å². The minimum absolute atomic E-state index is 0.0147. The number of cyclic esters (lactones) is 1. The number of anilines is 1. The van der Waals surface area contributed by atoms with Crippen LogP contribution in [0.5, 0.6) is 0 Å². The van der Waals surface area contributed by atoms with Gasteiger partial charge >= 0.3 is 5.97 Å². The Hall–Kier alpha value is -4.53. The number of nitrogens with zero attached hydrogens (tertiary/aromatic N) is 4. The molecule has 0 aromatic carbocycles. The summed E-state index contributed by atoms with van der Waals surface area (Å²) in [4.78, 5) is 83.9. The van der Waals surface area contributed by atoms with E-state index in [1.807, 2.05) is 58.1 Å². The molecular formula is C61H92N4O14. The summed E-state index contributed by atoms with van der Waals surface area (Å²) in [5.74, 6) is -7.54. The molecule has 0 spiro atoms. The Morgan fingerprint density at radius 2 is 1.53 bits per heavy atom. The van der Waals surface area contributed by atoms with Gasteiger partial charge in [-0.3, -0.25) is 19.2 Å². The average Bonchev–Trinajstić information content (AvgIpc) is 3.50. The number of piperidine rings is 2. The normalized spacial score (nSPS) is 36.8. The molecule has 1 saturated carbocycles. The van der Waals surface area contributed by atoms with Crippen molar-refractivity contribution in [3.8, 4) is 0 Å². The fourth-order valence-electron chi connectivity index (χ4n) is 12.1. The van der Waals surface area contributed by atoms with Crippen molar-refractivity contribution in [3.05, 3.63) is 66.1 Å². The third-order valence-electron chi connectivity index (χ3n) is 17.2. The lowest BCUT2D eigenvalue weighted by Gasteiger charge is -2.43. The maximum absolute atomic E-state index is 14.6. The van der Waals surface area contributed by atoms with Crippen LogP contribution in [0.15, 0.2) is 66.1 Å². The smallest absolute Gasteiger partial charge is 0.329 e. The molecule has 6 rings (SSSR count). The largest absolute Gasteiger partial charge is 0.460 e. The Kier molecular flexibility index (Phi) is 24.6. The number of ketones is 3. The van der Waals surface area contributed by atoms with E-state index >= 15 is 0 Å². The Balaban J connectivity index is 1.25. The zero-order valence-corrected chi connectivity index (χ0v) is 48.4. The summed E-state index contributed by atoms with van der Waals surface area (Å²) in [7, 11) is 2.95. The zero-order valence-electron chi connectivity index (χ0n) is 48.4. The predicted octanol–water partition coefficient (Wildman–Crippen LogP) is 7.03. The van der Waals surface area contributed by atoms with E-state index in [9.17, 15) is 39.3 Å². The molecule has 5 heterocycles. The van der Waals surface area contributed by atoms with E-state index in [2.05, 4.69) is 14.9 Å². The maximum Gasteiger partial charge on any atom is 0.329 e. The summed E-state index contributed by atoms with van der Waals surface area (Å²) in [6.07, 6.45) is 15.9. The highest BCUT2D eigenvalue weighted by Crippen LogP contribution is 2.38. The summed E-state index contributed by atoms with van der Waals surface area (Å²) in [5, 5.41) is 34.4. The first kappa shape index (κ1) is 63.6. The Bertz CT molecular complexity index is 2280. The van der Waals surface area contributed by atoms with Gasteiger partial charge in [0.25, 0.3) is 11.7 Å². The minimum Gasteiger partial charge on any atom is -0.460 e. The molecule has 1 aromatic rings. The Labute approximate surface area is 468 Å². The van der Waals surface area contributed by atoms with Crippen molar-refractivity contribution in [2.75, 3.05) is 52.0 Å². The molecule has 4 aliphatic heterocycles. The van der Waals surface area contributed by atoms with Crippen LogP contribution in [0, 0.1) is 35.5 Å². The van der Waals surface area contributed by atoms with Gasteiger partial charge in [-0.2, -0.15) is 0 Å².